The Hall–Kier alpha value is -3.40. The van der Waals surface area contributed by atoms with Gasteiger partial charge in [0.1, 0.15) is 11.6 Å². The lowest BCUT2D eigenvalue weighted by Gasteiger charge is -2.26. The van der Waals surface area contributed by atoms with Crippen LogP contribution < -0.4 is 0 Å². The fraction of sp³-hybridized carbons (Fsp3) is 0.259. The van der Waals surface area contributed by atoms with Crippen molar-refractivity contribution >= 4 is 22.2 Å². The van der Waals surface area contributed by atoms with Crippen molar-refractivity contribution in [1.29, 1.82) is 0 Å². The van der Waals surface area contributed by atoms with Gasteiger partial charge in [0.25, 0.3) is 0 Å². The van der Waals surface area contributed by atoms with E-state index in [-0.39, 0.29) is 12.1 Å². The molecule has 1 saturated heterocycles. The number of aromatic nitrogens is 4. The number of nitrogens with one attached hydrogen (secondary N) is 1. The van der Waals surface area contributed by atoms with Crippen LogP contribution in [0.2, 0.25) is 0 Å². The molecule has 2 aromatic carbocycles. The van der Waals surface area contributed by atoms with E-state index in [1.165, 1.54) is 17.0 Å². The largest absolute Gasteiger partial charge is 0.379 e. The number of hydrogen-bond acceptors (Lipinski definition) is 5. The predicted molar refractivity (Wildman–Crippen MR) is 136 cm³/mol. The number of ether oxygens (including phenoxy) is 1. The molecule has 1 fully saturated rings. The van der Waals surface area contributed by atoms with Crippen molar-refractivity contribution in [2.24, 2.45) is 7.05 Å². The number of morpholine rings is 1. The van der Waals surface area contributed by atoms with Crippen molar-refractivity contribution in [2.75, 3.05) is 26.3 Å². The van der Waals surface area contributed by atoms with Crippen LogP contribution in [0.15, 0.2) is 42.6 Å². The van der Waals surface area contributed by atoms with E-state index in [9.17, 15) is 8.78 Å². The molecule has 0 unspecified atom stereocenters. The summed E-state index contributed by atoms with van der Waals surface area (Å²) in [5.74, 6) is -1.000. The van der Waals surface area contributed by atoms with Gasteiger partial charge in [-0.3, -0.25) is 14.7 Å². The molecule has 0 atom stereocenters. The smallest absolute Gasteiger partial charge is 0.131 e. The van der Waals surface area contributed by atoms with E-state index in [0.29, 0.717) is 31.9 Å². The van der Waals surface area contributed by atoms with Gasteiger partial charge >= 0.3 is 0 Å². The zero-order valence-electron chi connectivity index (χ0n) is 19.6. The van der Waals surface area contributed by atoms with Gasteiger partial charge in [-0.2, -0.15) is 10.2 Å². The zero-order valence-corrected chi connectivity index (χ0v) is 20.5. The van der Waals surface area contributed by atoms with Gasteiger partial charge in [0.05, 0.1) is 36.3 Å². The molecule has 1 aliphatic carbocycles. The number of rotatable bonds is 4. The third kappa shape index (κ3) is 3.49. The van der Waals surface area contributed by atoms with Crippen LogP contribution in [0.3, 0.4) is 0 Å². The first kappa shape index (κ1) is 21.8. The Morgan fingerprint density at radius 3 is 2.67 bits per heavy atom. The van der Waals surface area contributed by atoms with Crippen LogP contribution in [-0.4, -0.2) is 51.2 Å². The summed E-state index contributed by atoms with van der Waals surface area (Å²) in [4.78, 5) is 4.05. The summed E-state index contributed by atoms with van der Waals surface area (Å²) in [7, 11) is 1.93. The maximum atomic E-state index is 15.0. The molecule has 5 aromatic rings. The second kappa shape index (κ2) is 8.33. The predicted octanol–water partition coefficient (Wildman–Crippen LogP) is 5.37. The number of H-pyrrole nitrogens is 1. The maximum absolute atomic E-state index is 15.0. The van der Waals surface area contributed by atoms with Gasteiger partial charge in [0, 0.05) is 70.5 Å². The average Bonchev–Trinajstić information content (AvgIpc) is 3.63. The molecule has 6 nitrogen and oxygen atoms in total. The van der Waals surface area contributed by atoms with Crippen LogP contribution in [0.25, 0.3) is 43.9 Å². The Balaban J connectivity index is 1.19. The monoisotopic (exact) mass is 503 g/mol. The first-order valence-corrected chi connectivity index (χ1v) is 12.8. The fourth-order valence-corrected chi connectivity index (χ4v) is 6.41. The molecule has 0 amide bonds. The zero-order chi connectivity index (χ0) is 24.4. The highest BCUT2D eigenvalue weighted by atomic mass is 32.1. The number of benzene rings is 2. The molecule has 2 aliphatic rings. The van der Waals surface area contributed by atoms with Gasteiger partial charge in [0.15, 0.2) is 0 Å². The standard InChI is InChI=1S/C27H23F2N5OS/c1-33-23-10-15(2-3-16(23)13-30-33)26-19-12-25-18(27(19)32-31-26)11-24(36-25)17-8-21(28)20(22(29)9-17)14-34-4-6-35-7-5-34/h2-3,8-11,13H,4-7,12,14H2,1H3,(H,31,32). The minimum Gasteiger partial charge on any atom is -0.379 e. The van der Waals surface area contributed by atoms with Crippen LogP contribution in [0.5, 0.6) is 0 Å². The molecule has 1 N–H and O–H groups in total. The topological polar surface area (TPSA) is 59.0 Å². The molecular weight excluding hydrogens is 480 g/mol. The van der Waals surface area contributed by atoms with E-state index < -0.39 is 11.6 Å². The minimum absolute atomic E-state index is 0.121. The Labute approximate surface area is 210 Å². The minimum atomic E-state index is -0.500. The molecule has 7 rings (SSSR count). The molecule has 0 spiro atoms. The highest BCUT2D eigenvalue weighted by Gasteiger charge is 2.28. The molecule has 182 valence electrons. The van der Waals surface area contributed by atoms with Gasteiger partial charge < -0.3 is 4.74 Å². The summed E-state index contributed by atoms with van der Waals surface area (Å²) in [6.45, 7) is 2.81. The van der Waals surface area contributed by atoms with Gasteiger partial charge in [-0.1, -0.05) is 12.1 Å². The second-order valence-electron chi connectivity index (χ2n) is 9.40. The van der Waals surface area contributed by atoms with Gasteiger partial charge in [-0.15, -0.1) is 11.3 Å². The van der Waals surface area contributed by atoms with Crippen molar-refractivity contribution in [3.8, 4) is 33.0 Å². The van der Waals surface area contributed by atoms with E-state index in [2.05, 4.69) is 33.5 Å². The Morgan fingerprint density at radius 1 is 1.06 bits per heavy atom. The van der Waals surface area contributed by atoms with E-state index in [1.54, 1.807) is 11.3 Å². The number of halogens is 2. The Bertz CT molecular complexity index is 1610. The Kier molecular flexibility index (Phi) is 5.06. The summed E-state index contributed by atoms with van der Waals surface area (Å²) in [5.41, 5.74) is 6.92. The van der Waals surface area contributed by atoms with E-state index in [1.807, 2.05) is 28.9 Å². The van der Waals surface area contributed by atoms with Crippen LogP contribution in [-0.2, 0) is 24.8 Å². The summed E-state index contributed by atoms with van der Waals surface area (Å²) >= 11 is 1.58. The number of nitrogens with zero attached hydrogens (tertiary/aromatic N) is 4. The number of aromatic amines is 1. The first-order valence-electron chi connectivity index (χ1n) is 12.0. The van der Waals surface area contributed by atoms with Crippen LogP contribution >= 0.6 is 11.3 Å². The van der Waals surface area contributed by atoms with Crippen LogP contribution in [0, 0.1) is 11.6 Å². The Morgan fingerprint density at radius 2 is 1.86 bits per heavy atom. The van der Waals surface area contributed by atoms with Crippen molar-refractivity contribution in [2.45, 2.75) is 13.0 Å². The number of fused-ring (bicyclic) bond motifs is 4. The molecule has 0 radical (unpaired) electrons. The molecule has 9 heteroatoms. The molecule has 1 aliphatic heterocycles. The number of thiophene rings is 1. The second-order valence-corrected chi connectivity index (χ2v) is 10.5. The first-order chi connectivity index (χ1) is 17.5. The average molecular weight is 504 g/mol. The van der Waals surface area contributed by atoms with Gasteiger partial charge in [0.2, 0.25) is 0 Å². The molecule has 0 saturated carbocycles. The van der Waals surface area contributed by atoms with E-state index in [0.717, 1.165) is 50.3 Å². The summed E-state index contributed by atoms with van der Waals surface area (Å²) < 4.78 is 37.2. The lowest BCUT2D eigenvalue weighted by Crippen LogP contribution is -2.36. The van der Waals surface area contributed by atoms with Crippen molar-refractivity contribution in [3.63, 3.8) is 0 Å². The van der Waals surface area contributed by atoms with Crippen molar-refractivity contribution in [3.05, 3.63) is 70.2 Å². The summed E-state index contributed by atoms with van der Waals surface area (Å²) in [6, 6.07) is 11.2. The lowest BCUT2D eigenvalue weighted by molar-refractivity contribution is 0.0332. The lowest BCUT2D eigenvalue weighted by atomic mass is 10.0. The fourth-order valence-electron chi connectivity index (χ4n) is 5.24. The van der Waals surface area contributed by atoms with E-state index >= 15 is 0 Å². The van der Waals surface area contributed by atoms with E-state index in [4.69, 9.17) is 4.74 Å². The highest BCUT2D eigenvalue weighted by molar-refractivity contribution is 7.16. The maximum Gasteiger partial charge on any atom is 0.131 e. The molecular formula is C27H23F2N5OS. The summed E-state index contributed by atoms with van der Waals surface area (Å²) in [6.07, 6.45) is 2.60. The molecule has 3 aromatic heterocycles. The molecule has 4 heterocycles. The third-order valence-electron chi connectivity index (χ3n) is 7.22. The molecule has 36 heavy (non-hydrogen) atoms. The third-order valence-corrected chi connectivity index (χ3v) is 8.40. The quantitative estimate of drug-likeness (QED) is 0.351. The molecule has 0 bridgehead atoms. The van der Waals surface area contributed by atoms with Crippen molar-refractivity contribution in [1.82, 2.24) is 24.9 Å². The van der Waals surface area contributed by atoms with Crippen LogP contribution in [0.1, 0.15) is 16.0 Å². The van der Waals surface area contributed by atoms with Crippen LogP contribution in [0.4, 0.5) is 8.78 Å². The highest BCUT2D eigenvalue weighted by Crippen LogP contribution is 2.47. The SMILES string of the molecule is Cn1ncc2ccc(-c3n[nH]c4c3Cc3sc(-c5cc(F)c(CN6CCOCC6)c(F)c5)cc3-4)cc21. The number of hydrogen-bond donors (Lipinski definition) is 1. The van der Waals surface area contributed by atoms with Crippen molar-refractivity contribution < 1.29 is 13.5 Å². The summed E-state index contributed by atoms with van der Waals surface area (Å²) in [5, 5.41) is 13.3. The number of aryl methyl sites for hydroxylation is 1. The normalized spacial score (nSPS) is 15.5. The van der Waals surface area contributed by atoms with Gasteiger partial charge in [-0.25, -0.2) is 8.78 Å². The van der Waals surface area contributed by atoms with Gasteiger partial charge in [-0.05, 0) is 29.8 Å².